The molecule has 2 rings (SSSR count). The Hall–Kier alpha value is -1.88. The molecule has 0 aliphatic carbocycles. The van der Waals surface area contributed by atoms with Crippen molar-refractivity contribution in [1.82, 2.24) is 15.0 Å². The van der Waals surface area contributed by atoms with Crippen molar-refractivity contribution in [1.29, 1.82) is 0 Å². The molecule has 0 aliphatic heterocycles. The normalized spacial score (nSPS) is 10.5. The molecule has 17 heavy (non-hydrogen) atoms. The van der Waals surface area contributed by atoms with Crippen LogP contribution in [0.1, 0.15) is 12.1 Å². The Balaban J connectivity index is 2.18. The molecule has 1 heterocycles. The fraction of sp³-hybridized carbons (Fsp3) is 0.333. The van der Waals surface area contributed by atoms with E-state index in [9.17, 15) is 0 Å². The van der Waals surface area contributed by atoms with Gasteiger partial charge < -0.3 is 10.5 Å². The Kier molecular flexibility index (Phi) is 3.72. The first kappa shape index (κ1) is 11.6. The van der Waals surface area contributed by atoms with Crippen LogP contribution >= 0.6 is 0 Å². The second-order valence-electron chi connectivity index (χ2n) is 3.75. The summed E-state index contributed by atoms with van der Waals surface area (Å²) in [6.45, 7) is 0.673. The van der Waals surface area contributed by atoms with E-state index in [1.807, 2.05) is 30.5 Å². The monoisotopic (exact) mass is 232 g/mol. The highest BCUT2D eigenvalue weighted by molar-refractivity contribution is 5.38. The first-order chi connectivity index (χ1) is 8.33. The summed E-state index contributed by atoms with van der Waals surface area (Å²) in [5, 5.41) is 8.19. The minimum Gasteiger partial charge on any atom is -0.497 e. The van der Waals surface area contributed by atoms with Crippen LogP contribution in [-0.4, -0.2) is 28.6 Å². The highest BCUT2D eigenvalue weighted by Crippen LogP contribution is 2.15. The summed E-state index contributed by atoms with van der Waals surface area (Å²) in [5.41, 5.74) is 7.36. The van der Waals surface area contributed by atoms with Crippen LogP contribution in [0.5, 0.6) is 5.75 Å². The van der Waals surface area contributed by atoms with E-state index in [4.69, 9.17) is 10.5 Å². The van der Waals surface area contributed by atoms with Crippen molar-refractivity contribution < 1.29 is 4.74 Å². The number of hydrogen-bond donors (Lipinski definition) is 1. The molecule has 0 saturated carbocycles. The van der Waals surface area contributed by atoms with E-state index in [2.05, 4.69) is 10.3 Å². The maximum absolute atomic E-state index is 5.46. The number of aryl methyl sites for hydroxylation is 1. The summed E-state index contributed by atoms with van der Waals surface area (Å²) in [5.74, 6) is 0.807. The van der Waals surface area contributed by atoms with E-state index in [0.29, 0.717) is 6.54 Å². The first-order valence-electron chi connectivity index (χ1n) is 5.59. The van der Waals surface area contributed by atoms with Crippen molar-refractivity contribution in [3.05, 3.63) is 36.2 Å². The largest absolute Gasteiger partial charge is 0.497 e. The molecule has 0 aliphatic rings. The molecule has 2 aromatic rings. The maximum atomic E-state index is 5.46. The number of nitrogens with zero attached hydrogens (tertiary/aromatic N) is 3. The molecule has 0 spiro atoms. The molecule has 0 fully saturated rings. The number of ether oxygens (including phenoxy) is 1. The second-order valence-corrected chi connectivity index (χ2v) is 3.75. The van der Waals surface area contributed by atoms with Crippen molar-refractivity contribution in [2.24, 2.45) is 5.73 Å². The summed E-state index contributed by atoms with van der Waals surface area (Å²) in [4.78, 5) is 0. The molecule has 1 aromatic carbocycles. The van der Waals surface area contributed by atoms with Crippen molar-refractivity contribution >= 4 is 0 Å². The smallest absolute Gasteiger partial charge is 0.121 e. The zero-order valence-corrected chi connectivity index (χ0v) is 9.84. The lowest BCUT2D eigenvalue weighted by molar-refractivity contribution is 0.414. The third-order valence-electron chi connectivity index (χ3n) is 2.50. The quantitative estimate of drug-likeness (QED) is 0.840. The summed E-state index contributed by atoms with van der Waals surface area (Å²) < 4.78 is 6.91. The fourth-order valence-electron chi connectivity index (χ4n) is 1.58. The van der Waals surface area contributed by atoms with Crippen LogP contribution in [0, 0.1) is 0 Å². The Labute approximate surface area is 100 Å². The number of methoxy groups -OCH3 is 1. The van der Waals surface area contributed by atoms with Crippen molar-refractivity contribution in [2.45, 2.75) is 12.8 Å². The van der Waals surface area contributed by atoms with E-state index in [0.717, 1.165) is 30.0 Å². The second kappa shape index (κ2) is 5.45. The van der Waals surface area contributed by atoms with Crippen LogP contribution in [0.15, 0.2) is 30.5 Å². The zero-order chi connectivity index (χ0) is 12.1. The van der Waals surface area contributed by atoms with Crippen LogP contribution in [0.4, 0.5) is 0 Å². The van der Waals surface area contributed by atoms with E-state index >= 15 is 0 Å². The molecule has 0 unspecified atom stereocenters. The third kappa shape index (κ3) is 2.82. The van der Waals surface area contributed by atoms with Crippen molar-refractivity contribution in [3.63, 3.8) is 0 Å². The molecule has 5 heteroatoms. The van der Waals surface area contributed by atoms with Gasteiger partial charge in [0, 0.05) is 6.07 Å². The van der Waals surface area contributed by atoms with Crippen molar-refractivity contribution in [2.75, 3.05) is 13.7 Å². The lowest BCUT2D eigenvalue weighted by Gasteiger charge is -2.02. The Morgan fingerprint density at radius 1 is 1.41 bits per heavy atom. The zero-order valence-electron chi connectivity index (χ0n) is 9.84. The number of rotatable bonds is 5. The Morgan fingerprint density at radius 3 is 3.06 bits per heavy atom. The average Bonchev–Trinajstić information content (AvgIpc) is 2.85. The maximum Gasteiger partial charge on any atom is 0.121 e. The van der Waals surface area contributed by atoms with Gasteiger partial charge in [0.15, 0.2) is 0 Å². The molecular weight excluding hydrogens is 216 g/mol. The predicted octanol–water partition coefficient (Wildman–Crippen LogP) is 1.17. The van der Waals surface area contributed by atoms with Gasteiger partial charge in [0.1, 0.15) is 5.75 Å². The summed E-state index contributed by atoms with van der Waals surface area (Å²) in [6.07, 6.45) is 3.71. The lowest BCUT2D eigenvalue weighted by atomic mass is 10.2. The van der Waals surface area contributed by atoms with Gasteiger partial charge in [-0.1, -0.05) is 11.3 Å². The average molecular weight is 232 g/mol. The van der Waals surface area contributed by atoms with Gasteiger partial charge in [0.05, 0.1) is 24.7 Å². The lowest BCUT2D eigenvalue weighted by Crippen LogP contribution is -2.00. The molecule has 1 aromatic heterocycles. The number of hydrogen-bond acceptors (Lipinski definition) is 4. The topological polar surface area (TPSA) is 66.0 Å². The third-order valence-corrected chi connectivity index (χ3v) is 2.50. The van der Waals surface area contributed by atoms with E-state index in [-0.39, 0.29) is 0 Å². The standard InChI is InChI=1S/C12H16N4O/c1-17-12-6-2-5-11(8-12)16-9-10(14-15-16)4-3-7-13/h2,5-6,8-9H,3-4,7,13H2,1H3. The fourth-order valence-corrected chi connectivity index (χ4v) is 1.58. The van der Waals surface area contributed by atoms with E-state index in [1.165, 1.54) is 0 Å². The molecule has 0 atom stereocenters. The highest BCUT2D eigenvalue weighted by Gasteiger charge is 2.03. The SMILES string of the molecule is COc1cccc(-n2cc(CCCN)nn2)c1. The van der Waals surface area contributed by atoms with Gasteiger partial charge in [-0.25, -0.2) is 4.68 Å². The van der Waals surface area contributed by atoms with Crippen LogP contribution < -0.4 is 10.5 Å². The molecule has 0 amide bonds. The predicted molar refractivity (Wildman–Crippen MR) is 65.3 cm³/mol. The van der Waals surface area contributed by atoms with Crippen LogP contribution in [-0.2, 0) is 6.42 Å². The van der Waals surface area contributed by atoms with Crippen LogP contribution in [0.25, 0.3) is 5.69 Å². The highest BCUT2D eigenvalue weighted by atomic mass is 16.5. The summed E-state index contributed by atoms with van der Waals surface area (Å²) >= 11 is 0. The van der Waals surface area contributed by atoms with Gasteiger partial charge in [-0.05, 0) is 31.5 Å². The molecule has 0 radical (unpaired) electrons. The van der Waals surface area contributed by atoms with Gasteiger partial charge in [0.2, 0.25) is 0 Å². The van der Waals surface area contributed by atoms with E-state index < -0.39 is 0 Å². The Morgan fingerprint density at radius 2 is 2.29 bits per heavy atom. The minimum absolute atomic E-state index is 0.673. The molecule has 0 saturated heterocycles. The van der Waals surface area contributed by atoms with Gasteiger partial charge in [0.25, 0.3) is 0 Å². The number of nitrogens with two attached hydrogens (primary N) is 1. The first-order valence-corrected chi connectivity index (χ1v) is 5.59. The van der Waals surface area contributed by atoms with Gasteiger partial charge in [-0.2, -0.15) is 0 Å². The molecular formula is C12H16N4O. The molecule has 5 nitrogen and oxygen atoms in total. The van der Waals surface area contributed by atoms with Crippen LogP contribution in [0.3, 0.4) is 0 Å². The van der Waals surface area contributed by atoms with Crippen molar-refractivity contribution in [3.8, 4) is 11.4 Å². The van der Waals surface area contributed by atoms with E-state index in [1.54, 1.807) is 11.8 Å². The Bertz CT molecular complexity index is 481. The van der Waals surface area contributed by atoms with Gasteiger partial charge >= 0.3 is 0 Å². The minimum atomic E-state index is 0.673. The van der Waals surface area contributed by atoms with Gasteiger partial charge in [-0.15, -0.1) is 5.10 Å². The summed E-state index contributed by atoms with van der Waals surface area (Å²) in [6, 6.07) is 7.70. The number of benzene rings is 1. The molecule has 90 valence electrons. The van der Waals surface area contributed by atoms with Gasteiger partial charge in [-0.3, -0.25) is 0 Å². The molecule has 0 bridgehead atoms. The summed E-state index contributed by atoms with van der Waals surface area (Å²) in [7, 11) is 1.65. The number of aromatic nitrogens is 3. The molecule has 2 N–H and O–H groups in total. The van der Waals surface area contributed by atoms with Crippen LogP contribution in [0.2, 0.25) is 0 Å².